The molecule has 11 heavy (non-hydrogen) atoms. The maximum absolute atomic E-state index is 9.22. The van der Waals surface area contributed by atoms with Crippen molar-refractivity contribution in [2.75, 3.05) is 0 Å². The molecule has 0 bridgehead atoms. The standard InChI is InChI=1S/C7H7BO2S/c1-3-2-4(8)6(10)7(11)5(3)9/h2,9-11H,1H3. The van der Waals surface area contributed by atoms with Crippen molar-refractivity contribution in [1.29, 1.82) is 0 Å². The maximum atomic E-state index is 9.22. The van der Waals surface area contributed by atoms with Crippen molar-refractivity contribution in [1.82, 2.24) is 0 Å². The van der Waals surface area contributed by atoms with Crippen LogP contribution >= 0.6 is 12.6 Å². The molecular formula is C7H7BO2S. The average molecular weight is 166 g/mol. The van der Waals surface area contributed by atoms with Gasteiger partial charge in [-0.15, -0.1) is 12.6 Å². The summed E-state index contributed by atoms with van der Waals surface area (Å²) in [6, 6.07) is 1.49. The second-order valence-corrected chi connectivity index (χ2v) is 2.78. The highest BCUT2D eigenvalue weighted by molar-refractivity contribution is 7.80. The molecule has 56 valence electrons. The molecule has 0 saturated heterocycles. The zero-order valence-corrected chi connectivity index (χ0v) is 6.89. The Kier molecular flexibility index (Phi) is 2.04. The molecule has 0 amide bonds. The predicted molar refractivity (Wildman–Crippen MR) is 47.1 cm³/mol. The number of aryl methyl sites for hydroxylation is 1. The number of phenolic OH excluding ortho intramolecular Hbond substituents is 2. The lowest BCUT2D eigenvalue weighted by Crippen LogP contribution is -2.04. The molecule has 0 spiro atoms. The highest BCUT2D eigenvalue weighted by Gasteiger charge is 2.08. The van der Waals surface area contributed by atoms with Gasteiger partial charge in [0, 0.05) is 0 Å². The summed E-state index contributed by atoms with van der Waals surface area (Å²) in [6.07, 6.45) is 0. The fourth-order valence-electron chi connectivity index (χ4n) is 0.806. The third kappa shape index (κ3) is 1.31. The van der Waals surface area contributed by atoms with E-state index in [1.165, 1.54) is 6.07 Å². The van der Waals surface area contributed by atoms with Gasteiger partial charge in [0.05, 0.1) is 4.90 Å². The van der Waals surface area contributed by atoms with E-state index < -0.39 is 0 Å². The number of hydrogen-bond acceptors (Lipinski definition) is 3. The van der Waals surface area contributed by atoms with Crippen molar-refractivity contribution < 1.29 is 10.2 Å². The zero-order valence-electron chi connectivity index (χ0n) is 6.00. The van der Waals surface area contributed by atoms with E-state index in [2.05, 4.69) is 12.6 Å². The van der Waals surface area contributed by atoms with Crippen LogP contribution in [0.3, 0.4) is 0 Å². The first-order chi connectivity index (χ1) is 5.04. The van der Waals surface area contributed by atoms with Gasteiger partial charge in [-0.2, -0.15) is 0 Å². The molecule has 0 atom stereocenters. The van der Waals surface area contributed by atoms with E-state index >= 15 is 0 Å². The number of hydrogen-bond donors (Lipinski definition) is 3. The molecule has 0 unspecified atom stereocenters. The third-order valence-electron chi connectivity index (χ3n) is 1.47. The first-order valence-electron chi connectivity index (χ1n) is 3.04. The van der Waals surface area contributed by atoms with E-state index in [4.69, 9.17) is 13.0 Å². The number of benzene rings is 1. The summed E-state index contributed by atoms with van der Waals surface area (Å²) < 4.78 is 0. The highest BCUT2D eigenvalue weighted by atomic mass is 32.1. The molecule has 1 aromatic carbocycles. The second-order valence-electron chi connectivity index (χ2n) is 2.33. The summed E-state index contributed by atoms with van der Waals surface area (Å²) in [5.41, 5.74) is 0.829. The molecule has 0 aliphatic carbocycles. The predicted octanol–water partition coefficient (Wildman–Crippen LogP) is 0.489. The first kappa shape index (κ1) is 8.33. The van der Waals surface area contributed by atoms with Crippen molar-refractivity contribution in [3.05, 3.63) is 11.6 Å². The Balaban J connectivity index is 3.46. The Morgan fingerprint density at radius 1 is 1.36 bits per heavy atom. The van der Waals surface area contributed by atoms with Gasteiger partial charge in [-0.3, -0.25) is 0 Å². The maximum Gasteiger partial charge on any atom is 0.135 e. The molecule has 2 nitrogen and oxygen atoms in total. The Bertz CT molecular complexity index is 273. The van der Waals surface area contributed by atoms with Gasteiger partial charge in [0.25, 0.3) is 0 Å². The van der Waals surface area contributed by atoms with Crippen molar-refractivity contribution in [3.8, 4) is 11.5 Å². The molecule has 4 heteroatoms. The lowest BCUT2D eigenvalue weighted by molar-refractivity contribution is 0.428. The van der Waals surface area contributed by atoms with Gasteiger partial charge in [-0.25, -0.2) is 0 Å². The number of phenols is 2. The Labute approximate surface area is 71.7 Å². The van der Waals surface area contributed by atoms with E-state index in [0.29, 0.717) is 5.56 Å². The van der Waals surface area contributed by atoms with Crippen LogP contribution in [0.2, 0.25) is 0 Å². The summed E-state index contributed by atoms with van der Waals surface area (Å²) in [5, 5.41) is 18.4. The minimum atomic E-state index is -0.170. The smallest absolute Gasteiger partial charge is 0.135 e. The van der Waals surface area contributed by atoms with Crippen LogP contribution in [0.4, 0.5) is 0 Å². The van der Waals surface area contributed by atoms with E-state index in [1.807, 2.05) is 0 Å². The second kappa shape index (κ2) is 2.70. The van der Waals surface area contributed by atoms with E-state index in [9.17, 15) is 5.11 Å². The Morgan fingerprint density at radius 3 is 2.45 bits per heavy atom. The molecule has 0 aliphatic heterocycles. The summed E-state index contributed by atoms with van der Waals surface area (Å²) in [6.45, 7) is 1.69. The van der Waals surface area contributed by atoms with Gasteiger partial charge >= 0.3 is 0 Å². The molecule has 0 heterocycles. The van der Waals surface area contributed by atoms with Crippen LogP contribution in [0.15, 0.2) is 11.0 Å². The number of rotatable bonds is 0. The molecular weight excluding hydrogens is 159 g/mol. The van der Waals surface area contributed by atoms with Gasteiger partial charge in [0.15, 0.2) is 0 Å². The molecule has 2 N–H and O–H groups in total. The van der Waals surface area contributed by atoms with Crippen LogP contribution in [-0.2, 0) is 0 Å². The van der Waals surface area contributed by atoms with Crippen LogP contribution in [0.25, 0.3) is 0 Å². The number of thiol groups is 1. The lowest BCUT2D eigenvalue weighted by atomic mass is 9.93. The van der Waals surface area contributed by atoms with Crippen molar-refractivity contribution in [2.24, 2.45) is 0 Å². The minimum Gasteiger partial charge on any atom is -0.507 e. The number of aromatic hydroxyl groups is 2. The Morgan fingerprint density at radius 2 is 1.91 bits per heavy atom. The largest absolute Gasteiger partial charge is 0.507 e. The highest BCUT2D eigenvalue weighted by Crippen LogP contribution is 2.31. The summed E-state index contributed by atoms with van der Waals surface area (Å²) in [4.78, 5) is 0.127. The van der Waals surface area contributed by atoms with Crippen molar-refractivity contribution in [2.45, 2.75) is 11.8 Å². The summed E-state index contributed by atoms with van der Waals surface area (Å²) in [7, 11) is 5.38. The van der Waals surface area contributed by atoms with Crippen LogP contribution in [0.1, 0.15) is 5.56 Å². The van der Waals surface area contributed by atoms with E-state index in [0.717, 1.165) is 0 Å². The van der Waals surface area contributed by atoms with E-state index in [-0.39, 0.29) is 21.9 Å². The molecule has 2 radical (unpaired) electrons. The molecule has 0 saturated carbocycles. The van der Waals surface area contributed by atoms with Crippen molar-refractivity contribution >= 4 is 25.9 Å². The molecule has 0 aromatic heterocycles. The third-order valence-corrected chi connectivity index (χ3v) is 1.89. The van der Waals surface area contributed by atoms with Crippen LogP contribution in [0, 0.1) is 6.92 Å². The van der Waals surface area contributed by atoms with Gasteiger partial charge in [0.2, 0.25) is 0 Å². The van der Waals surface area contributed by atoms with Crippen LogP contribution < -0.4 is 5.46 Å². The average Bonchev–Trinajstić information content (AvgIpc) is 1.97. The fraction of sp³-hybridized carbons (Fsp3) is 0.143. The Hall–Kier alpha value is -0.765. The molecule has 0 fully saturated rings. The molecule has 1 rings (SSSR count). The molecule has 0 aliphatic rings. The SMILES string of the molecule is [B]c1cc(C)c(O)c(S)c1O. The van der Waals surface area contributed by atoms with Gasteiger partial charge < -0.3 is 10.2 Å². The topological polar surface area (TPSA) is 40.5 Å². The van der Waals surface area contributed by atoms with Crippen LogP contribution in [-0.4, -0.2) is 18.1 Å². The monoisotopic (exact) mass is 166 g/mol. The van der Waals surface area contributed by atoms with Crippen LogP contribution in [0.5, 0.6) is 11.5 Å². The first-order valence-corrected chi connectivity index (χ1v) is 3.48. The lowest BCUT2D eigenvalue weighted by Gasteiger charge is -2.07. The van der Waals surface area contributed by atoms with Crippen molar-refractivity contribution in [3.63, 3.8) is 0 Å². The minimum absolute atomic E-state index is 0.0277. The fourth-order valence-corrected chi connectivity index (χ4v) is 1.11. The zero-order chi connectivity index (χ0) is 8.59. The van der Waals surface area contributed by atoms with Gasteiger partial charge in [-0.05, 0) is 12.5 Å². The summed E-state index contributed by atoms with van der Waals surface area (Å²) in [5.74, 6) is -0.198. The molecule has 1 aromatic rings. The van der Waals surface area contributed by atoms with E-state index in [1.54, 1.807) is 6.92 Å². The van der Waals surface area contributed by atoms with Gasteiger partial charge in [0.1, 0.15) is 19.3 Å². The van der Waals surface area contributed by atoms with Gasteiger partial charge in [-0.1, -0.05) is 11.5 Å². The normalized spacial score (nSPS) is 10.0. The quantitative estimate of drug-likeness (QED) is 0.387. The summed E-state index contributed by atoms with van der Waals surface area (Å²) >= 11 is 3.87.